The Kier molecular flexibility index (Phi) is 6.41. The van der Waals surface area contributed by atoms with Gasteiger partial charge in [-0.1, -0.05) is 42.5 Å². The Labute approximate surface area is 133 Å². The van der Waals surface area contributed by atoms with E-state index in [1.54, 1.807) is 0 Å². The largest absolute Gasteiger partial charge is 0.416 e. The first-order chi connectivity index (χ1) is 9.88. The predicted molar refractivity (Wildman–Crippen MR) is 81.8 cm³/mol. The summed E-state index contributed by atoms with van der Waals surface area (Å²) in [6.07, 6.45) is -5.07. The average molecular weight is 332 g/mol. The van der Waals surface area contributed by atoms with Crippen LogP contribution in [0.15, 0.2) is 54.6 Å². The van der Waals surface area contributed by atoms with E-state index >= 15 is 0 Å². The molecule has 0 unspecified atom stereocenters. The van der Waals surface area contributed by atoms with Crippen molar-refractivity contribution in [2.75, 3.05) is 0 Å². The van der Waals surface area contributed by atoms with Crippen molar-refractivity contribution in [1.29, 1.82) is 0 Å². The molecule has 3 N–H and O–H groups in total. The zero-order valence-corrected chi connectivity index (χ0v) is 12.4. The van der Waals surface area contributed by atoms with Gasteiger partial charge in [0.1, 0.15) is 0 Å². The molecule has 0 saturated heterocycles. The second-order valence-corrected chi connectivity index (χ2v) is 4.91. The third kappa shape index (κ3) is 4.73. The van der Waals surface area contributed by atoms with Gasteiger partial charge in [0, 0.05) is 6.42 Å². The van der Waals surface area contributed by atoms with Crippen molar-refractivity contribution in [3.05, 3.63) is 71.3 Å². The van der Waals surface area contributed by atoms with E-state index < -0.39 is 23.9 Å². The Morgan fingerprint density at radius 1 is 1.00 bits per heavy atom. The molecule has 0 spiro atoms. The summed E-state index contributed by atoms with van der Waals surface area (Å²) >= 11 is 0. The molecule has 0 saturated carbocycles. The van der Waals surface area contributed by atoms with Gasteiger partial charge in [-0.25, -0.2) is 0 Å². The summed E-state index contributed by atoms with van der Waals surface area (Å²) in [4.78, 5) is 0. The second-order valence-electron chi connectivity index (χ2n) is 4.91. The van der Waals surface area contributed by atoms with E-state index in [9.17, 15) is 18.3 Å². The normalized spacial score (nSPS) is 14.0. The van der Waals surface area contributed by atoms with Gasteiger partial charge in [0.25, 0.3) is 0 Å². The van der Waals surface area contributed by atoms with E-state index in [1.807, 2.05) is 30.3 Å². The van der Waals surface area contributed by atoms with Crippen LogP contribution < -0.4 is 5.73 Å². The minimum absolute atomic E-state index is 0. The number of aliphatic hydroxyl groups is 1. The quantitative estimate of drug-likeness (QED) is 0.896. The molecular formula is C16H17ClF3NO. The average Bonchev–Trinajstić information content (AvgIpc) is 2.46. The minimum atomic E-state index is -4.42. The van der Waals surface area contributed by atoms with Crippen LogP contribution in [0.25, 0.3) is 0 Å². The summed E-state index contributed by atoms with van der Waals surface area (Å²) in [7, 11) is 0. The van der Waals surface area contributed by atoms with Gasteiger partial charge < -0.3 is 10.8 Å². The monoisotopic (exact) mass is 331 g/mol. The molecule has 0 aliphatic heterocycles. The molecule has 2 rings (SSSR count). The number of hydrogen-bond acceptors (Lipinski definition) is 2. The molecule has 120 valence electrons. The maximum Gasteiger partial charge on any atom is 0.416 e. The third-order valence-corrected chi connectivity index (χ3v) is 3.30. The Morgan fingerprint density at radius 2 is 1.64 bits per heavy atom. The SMILES string of the molecule is Cl.N[C@H](c1cccc(C(F)(F)F)c1)[C@@H](O)Cc1ccccc1. The van der Waals surface area contributed by atoms with Crippen LogP contribution in [0.3, 0.4) is 0 Å². The lowest BCUT2D eigenvalue weighted by Gasteiger charge is -2.20. The van der Waals surface area contributed by atoms with E-state index in [-0.39, 0.29) is 24.4 Å². The Bertz CT molecular complexity index is 589. The van der Waals surface area contributed by atoms with Crippen LogP contribution in [0, 0.1) is 0 Å². The Morgan fingerprint density at radius 3 is 2.23 bits per heavy atom. The summed E-state index contributed by atoms with van der Waals surface area (Å²) in [5.41, 5.74) is 6.27. The molecule has 0 aromatic heterocycles. The van der Waals surface area contributed by atoms with E-state index in [1.165, 1.54) is 12.1 Å². The van der Waals surface area contributed by atoms with Crippen LogP contribution in [0.5, 0.6) is 0 Å². The highest BCUT2D eigenvalue weighted by Crippen LogP contribution is 2.31. The fourth-order valence-corrected chi connectivity index (χ4v) is 2.13. The van der Waals surface area contributed by atoms with Crippen LogP contribution in [-0.4, -0.2) is 11.2 Å². The molecule has 2 aromatic carbocycles. The van der Waals surface area contributed by atoms with Crippen LogP contribution in [0.2, 0.25) is 0 Å². The molecule has 0 aliphatic carbocycles. The molecule has 6 heteroatoms. The van der Waals surface area contributed by atoms with Gasteiger partial charge in [-0.05, 0) is 23.3 Å². The van der Waals surface area contributed by atoms with Gasteiger partial charge in [0.15, 0.2) is 0 Å². The highest BCUT2D eigenvalue weighted by molar-refractivity contribution is 5.85. The van der Waals surface area contributed by atoms with Crippen LogP contribution in [0.4, 0.5) is 13.2 Å². The maximum absolute atomic E-state index is 12.7. The standard InChI is InChI=1S/C16H16F3NO.ClH/c17-16(18,19)13-8-4-7-12(10-13)15(20)14(21)9-11-5-2-1-3-6-11;/h1-8,10,14-15,21H,9,20H2;1H/t14-,15+;/m0./s1. The lowest BCUT2D eigenvalue weighted by molar-refractivity contribution is -0.137. The molecule has 0 amide bonds. The molecule has 0 heterocycles. The Balaban J connectivity index is 0.00000242. The highest BCUT2D eigenvalue weighted by atomic mass is 35.5. The Hall–Kier alpha value is -1.56. The van der Waals surface area contributed by atoms with Gasteiger partial charge >= 0.3 is 6.18 Å². The molecule has 0 bridgehead atoms. The summed E-state index contributed by atoms with van der Waals surface area (Å²) < 4.78 is 38.0. The topological polar surface area (TPSA) is 46.2 Å². The van der Waals surface area contributed by atoms with Crippen molar-refractivity contribution in [1.82, 2.24) is 0 Å². The summed E-state index contributed by atoms with van der Waals surface area (Å²) in [5, 5.41) is 10.1. The molecular weight excluding hydrogens is 315 g/mol. The van der Waals surface area contributed by atoms with E-state index in [0.717, 1.165) is 17.7 Å². The minimum Gasteiger partial charge on any atom is -0.391 e. The number of halogens is 4. The molecule has 2 nitrogen and oxygen atoms in total. The molecule has 2 aromatic rings. The first kappa shape index (κ1) is 18.5. The number of hydrogen-bond donors (Lipinski definition) is 2. The molecule has 0 fully saturated rings. The number of benzene rings is 2. The van der Waals surface area contributed by atoms with E-state index in [0.29, 0.717) is 0 Å². The van der Waals surface area contributed by atoms with E-state index in [2.05, 4.69) is 0 Å². The van der Waals surface area contributed by atoms with Gasteiger partial charge in [-0.15, -0.1) is 12.4 Å². The van der Waals surface area contributed by atoms with E-state index in [4.69, 9.17) is 5.73 Å². The first-order valence-corrected chi connectivity index (χ1v) is 6.52. The van der Waals surface area contributed by atoms with Crippen molar-refractivity contribution in [3.63, 3.8) is 0 Å². The molecule has 0 radical (unpaired) electrons. The van der Waals surface area contributed by atoms with Gasteiger partial charge in [-0.2, -0.15) is 13.2 Å². The van der Waals surface area contributed by atoms with Crippen molar-refractivity contribution >= 4 is 12.4 Å². The van der Waals surface area contributed by atoms with Crippen LogP contribution in [0.1, 0.15) is 22.7 Å². The summed E-state index contributed by atoms with van der Waals surface area (Å²) in [6, 6.07) is 13.1. The van der Waals surface area contributed by atoms with Crippen molar-refractivity contribution in [2.24, 2.45) is 5.73 Å². The van der Waals surface area contributed by atoms with Crippen molar-refractivity contribution < 1.29 is 18.3 Å². The zero-order chi connectivity index (χ0) is 15.5. The fraction of sp³-hybridized carbons (Fsp3) is 0.250. The second kappa shape index (κ2) is 7.63. The molecule has 0 aliphatic rings. The first-order valence-electron chi connectivity index (χ1n) is 6.52. The lowest BCUT2D eigenvalue weighted by atomic mass is 9.95. The smallest absolute Gasteiger partial charge is 0.391 e. The number of alkyl halides is 3. The van der Waals surface area contributed by atoms with Crippen LogP contribution in [-0.2, 0) is 12.6 Å². The zero-order valence-electron chi connectivity index (χ0n) is 11.6. The number of aliphatic hydroxyl groups excluding tert-OH is 1. The van der Waals surface area contributed by atoms with Gasteiger partial charge in [-0.3, -0.25) is 0 Å². The van der Waals surface area contributed by atoms with Crippen molar-refractivity contribution in [3.8, 4) is 0 Å². The fourth-order valence-electron chi connectivity index (χ4n) is 2.13. The van der Waals surface area contributed by atoms with Crippen LogP contribution >= 0.6 is 12.4 Å². The number of nitrogens with two attached hydrogens (primary N) is 1. The summed E-state index contributed by atoms with van der Waals surface area (Å²) in [5.74, 6) is 0. The van der Waals surface area contributed by atoms with Gasteiger partial charge in [0.2, 0.25) is 0 Å². The third-order valence-electron chi connectivity index (χ3n) is 3.30. The predicted octanol–water partition coefficient (Wildman–Crippen LogP) is 3.73. The maximum atomic E-state index is 12.7. The van der Waals surface area contributed by atoms with Gasteiger partial charge in [0.05, 0.1) is 17.7 Å². The lowest BCUT2D eigenvalue weighted by Crippen LogP contribution is -2.28. The molecule has 2 atom stereocenters. The van der Waals surface area contributed by atoms with Crippen molar-refractivity contribution in [2.45, 2.75) is 24.7 Å². The molecule has 22 heavy (non-hydrogen) atoms. The highest BCUT2D eigenvalue weighted by Gasteiger charge is 2.31. The summed E-state index contributed by atoms with van der Waals surface area (Å²) in [6.45, 7) is 0. The number of rotatable bonds is 4.